The number of imidazole rings is 1. The maximum atomic E-state index is 13.2. The molecule has 1 amide bonds. The average Bonchev–Trinajstić information content (AvgIpc) is 3.26. The maximum Gasteiger partial charge on any atom is 0.265 e. The number of hydrogen-bond acceptors (Lipinski definition) is 6. The summed E-state index contributed by atoms with van der Waals surface area (Å²) in [6.07, 6.45) is 4.39. The smallest absolute Gasteiger partial charge is 0.265 e. The quantitative estimate of drug-likeness (QED) is 0.481. The van der Waals surface area contributed by atoms with Gasteiger partial charge in [0.25, 0.3) is 11.5 Å². The fourth-order valence-corrected chi connectivity index (χ4v) is 3.32. The van der Waals surface area contributed by atoms with Crippen LogP contribution < -0.4 is 10.9 Å². The number of nitrogens with zero attached hydrogens (tertiary/aromatic N) is 5. The minimum absolute atomic E-state index is 0.00212. The number of aromatic amines is 1. The van der Waals surface area contributed by atoms with E-state index in [0.717, 1.165) is 5.56 Å². The Labute approximate surface area is 169 Å². The van der Waals surface area contributed by atoms with Gasteiger partial charge in [0.15, 0.2) is 11.5 Å². The highest BCUT2D eigenvalue weighted by molar-refractivity contribution is 6.07. The zero-order chi connectivity index (χ0) is 20.5. The summed E-state index contributed by atoms with van der Waals surface area (Å²) in [4.78, 5) is 45.7. The van der Waals surface area contributed by atoms with Crippen LogP contribution in [0, 0.1) is 0 Å². The van der Waals surface area contributed by atoms with Crippen LogP contribution in [0.1, 0.15) is 15.9 Å². The number of rotatable bonds is 4. The lowest BCUT2D eigenvalue weighted by Crippen LogP contribution is -2.30. The Morgan fingerprint density at radius 1 is 1.03 bits per heavy atom. The highest BCUT2D eigenvalue weighted by Crippen LogP contribution is 2.17. The normalized spacial score (nSPS) is 11.1. The number of nitrogens with one attached hydrogen (secondary N) is 2. The molecule has 0 aliphatic heterocycles. The number of amides is 1. The van der Waals surface area contributed by atoms with Gasteiger partial charge in [0.05, 0.1) is 12.9 Å². The van der Waals surface area contributed by atoms with E-state index in [-0.39, 0.29) is 11.4 Å². The van der Waals surface area contributed by atoms with E-state index >= 15 is 0 Å². The molecule has 5 rings (SSSR count). The Hall–Kier alpha value is -4.40. The highest BCUT2D eigenvalue weighted by atomic mass is 16.2. The van der Waals surface area contributed by atoms with Crippen molar-refractivity contribution in [2.45, 2.75) is 6.54 Å². The number of fused-ring (bicyclic) bond motifs is 2. The number of aromatic nitrogens is 6. The number of anilines is 1. The van der Waals surface area contributed by atoms with Crippen molar-refractivity contribution in [2.24, 2.45) is 0 Å². The van der Waals surface area contributed by atoms with Crippen molar-refractivity contribution in [3.05, 3.63) is 88.9 Å². The van der Waals surface area contributed by atoms with Gasteiger partial charge < -0.3 is 10.3 Å². The van der Waals surface area contributed by atoms with E-state index in [1.165, 1.54) is 17.2 Å². The minimum atomic E-state index is -0.567. The van der Waals surface area contributed by atoms with E-state index in [2.05, 4.69) is 30.2 Å². The van der Waals surface area contributed by atoms with Gasteiger partial charge in [-0.15, -0.1) is 0 Å². The fraction of sp³-hybridized carbons (Fsp3) is 0.0476. The molecule has 146 valence electrons. The second kappa shape index (κ2) is 7.21. The van der Waals surface area contributed by atoms with Gasteiger partial charge in [-0.2, -0.15) is 0 Å². The van der Waals surface area contributed by atoms with Crippen LogP contribution in [0.15, 0.2) is 72.2 Å². The molecular formula is C21H15N7O2. The predicted octanol–water partition coefficient (Wildman–Crippen LogP) is 2.36. The Morgan fingerprint density at radius 2 is 1.90 bits per heavy atom. The summed E-state index contributed by atoms with van der Waals surface area (Å²) in [5.74, 6) is -0.315. The monoisotopic (exact) mass is 397 g/mol. The van der Waals surface area contributed by atoms with Gasteiger partial charge in [0.2, 0.25) is 0 Å². The molecule has 0 aliphatic carbocycles. The lowest BCUT2D eigenvalue weighted by atomic mass is 10.1. The summed E-state index contributed by atoms with van der Waals surface area (Å²) < 4.78 is 1.51. The molecule has 0 spiro atoms. The third kappa shape index (κ3) is 3.08. The molecule has 0 radical (unpaired) electrons. The average molecular weight is 397 g/mol. The van der Waals surface area contributed by atoms with Crippen LogP contribution in [-0.2, 0) is 6.54 Å². The first-order valence-corrected chi connectivity index (χ1v) is 9.18. The second-order valence-corrected chi connectivity index (χ2v) is 6.63. The van der Waals surface area contributed by atoms with Gasteiger partial charge in [-0.1, -0.05) is 30.3 Å². The molecule has 4 aromatic heterocycles. The third-order valence-corrected chi connectivity index (χ3v) is 4.73. The van der Waals surface area contributed by atoms with Gasteiger partial charge in [-0.05, 0) is 23.8 Å². The van der Waals surface area contributed by atoms with Gasteiger partial charge >= 0.3 is 0 Å². The molecule has 0 atom stereocenters. The summed E-state index contributed by atoms with van der Waals surface area (Å²) in [5.41, 5.74) is 1.91. The van der Waals surface area contributed by atoms with E-state index in [4.69, 9.17) is 0 Å². The van der Waals surface area contributed by atoms with Crippen molar-refractivity contribution < 1.29 is 4.79 Å². The Balaban J connectivity index is 1.60. The molecular weight excluding hydrogens is 382 g/mol. The largest absolute Gasteiger partial charge is 0.340 e. The van der Waals surface area contributed by atoms with Crippen LogP contribution in [0.25, 0.3) is 22.2 Å². The van der Waals surface area contributed by atoms with Crippen molar-refractivity contribution in [3.8, 4) is 0 Å². The standard InChI is InChI=1S/C21H15N7O2/c29-20(27-18-16-17(24-11-23-16)25-12-26-18)15-9-14-7-4-8-22-19(14)28(21(15)30)10-13-5-2-1-3-6-13/h1-9,11-12H,10H2,(H2,23,24,25,26,27,29). The predicted molar refractivity (Wildman–Crippen MR) is 111 cm³/mol. The molecule has 0 saturated carbocycles. The van der Waals surface area contributed by atoms with Crippen LogP contribution in [0.2, 0.25) is 0 Å². The summed E-state index contributed by atoms with van der Waals surface area (Å²) in [6.45, 7) is 0.298. The summed E-state index contributed by atoms with van der Waals surface area (Å²) >= 11 is 0. The molecule has 9 nitrogen and oxygen atoms in total. The number of carbonyl (C=O) groups excluding carboxylic acids is 1. The number of benzene rings is 1. The Kier molecular flexibility index (Phi) is 4.25. The zero-order valence-electron chi connectivity index (χ0n) is 15.6. The molecule has 5 aromatic rings. The molecule has 0 saturated heterocycles. The van der Waals surface area contributed by atoms with Gasteiger partial charge in [0, 0.05) is 11.6 Å². The van der Waals surface area contributed by atoms with Crippen molar-refractivity contribution in [2.75, 3.05) is 5.32 Å². The van der Waals surface area contributed by atoms with Crippen molar-refractivity contribution in [3.63, 3.8) is 0 Å². The van der Waals surface area contributed by atoms with Crippen LogP contribution >= 0.6 is 0 Å². The fourth-order valence-electron chi connectivity index (χ4n) is 3.32. The molecule has 0 unspecified atom stereocenters. The molecule has 0 bridgehead atoms. The molecule has 2 N–H and O–H groups in total. The number of H-pyrrole nitrogens is 1. The number of hydrogen-bond donors (Lipinski definition) is 2. The van der Waals surface area contributed by atoms with Crippen molar-refractivity contribution in [1.29, 1.82) is 0 Å². The van der Waals surface area contributed by atoms with Crippen LogP contribution in [0.5, 0.6) is 0 Å². The van der Waals surface area contributed by atoms with E-state index in [1.54, 1.807) is 18.3 Å². The van der Waals surface area contributed by atoms with Crippen molar-refractivity contribution >= 4 is 33.9 Å². The molecule has 30 heavy (non-hydrogen) atoms. The van der Waals surface area contributed by atoms with E-state index in [1.807, 2.05) is 36.4 Å². The molecule has 0 fully saturated rings. The van der Waals surface area contributed by atoms with Gasteiger partial charge in [-0.25, -0.2) is 19.9 Å². The van der Waals surface area contributed by atoms with Crippen LogP contribution in [0.3, 0.4) is 0 Å². The van der Waals surface area contributed by atoms with E-state index < -0.39 is 11.5 Å². The van der Waals surface area contributed by atoms with Crippen molar-refractivity contribution in [1.82, 2.24) is 29.5 Å². The number of pyridine rings is 2. The highest BCUT2D eigenvalue weighted by Gasteiger charge is 2.18. The first-order chi connectivity index (χ1) is 14.7. The van der Waals surface area contributed by atoms with Crippen LogP contribution in [-0.4, -0.2) is 35.4 Å². The Morgan fingerprint density at radius 3 is 2.77 bits per heavy atom. The summed E-state index contributed by atoms with van der Waals surface area (Å²) in [7, 11) is 0. The molecule has 1 aromatic carbocycles. The van der Waals surface area contributed by atoms with Gasteiger partial charge in [0.1, 0.15) is 23.1 Å². The first-order valence-electron chi connectivity index (χ1n) is 9.18. The Bertz CT molecular complexity index is 1440. The summed E-state index contributed by atoms with van der Waals surface area (Å²) in [6, 6.07) is 14.7. The van der Waals surface area contributed by atoms with E-state index in [0.29, 0.717) is 28.7 Å². The number of carbonyl (C=O) groups is 1. The van der Waals surface area contributed by atoms with E-state index in [9.17, 15) is 9.59 Å². The maximum absolute atomic E-state index is 13.2. The SMILES string of the molecule is O=C(Nc1ncnc2nc[nH]c12)c1cc2cccnc2n(Cc2ccccc2)c1=O. The lowest BCUT2D eigenvalue weighted by Gasteiger charge is -2.12. The lowest BCUT2D eigenvalue weighted by molar-refractivity contribution is 0.102. The second-order valence-electron chi connectivity index (χ2n) is 6.63. The zero-order valence-corrected chi connectivity index (χ0v) is 15.6. The molecule has 0 aliphatic rings. The molecule has 9 heteroatoms. The van der Waals surface area contributed by atoms with Crippen LogP contribution in [0.4, 0.5) is 5.82 Å². The third-order valence-electron chi connectivity index (χ3n) is 4.73. The minimum Gasteiger partial charge on any atom is -0.340 e. The first kappa shape index (κ1) is 17.7. The molecule has 4 heterocycles. The summed E-state index contributed by atoms with van der Waals surface area (Å²) in [5, 5.41) is 3.38. The van der Waals surface area contributed by atoms with Gasteiger partial charge in [-0.3, -0.25) is 14.2 Å². The topological polar surface area (TPSA) is 118 Å².